The molecule has 1 saturated heterocycles. The first kappa shape index (κ1) is 21.7. The van der Waals surface area contributed by atoms with E-state index in [2.05, 4.69) is 0 Å². The van der Waals surface area contributed by atoms with Gasteiger partial charge in [-0.15, -0.1) is 0 Å². The summed E-state index contributed by atoms with van der Waals surface area (Å²) in [5.41, 5.74) is 2.95. The minimum atomic E-state index is -3.12. The number of nitrogens with zero attached hydrogens (tertiary/aromatic N) is 1. The minimum Gasteiger partial charge on any atom is -0.481 e. The number of amides is 1. The lowest BCUT2D eigenvalue weighted by atomic mass is 10.1. The Morgan fingerprint density at radius 3 is 2.48 bits per heavy atom. The van der Waals surface area contributed by atoms with Crippen LogP contribution in [0.3, 0.4) is 0 Å². The van der Waals surface area contributed by atoms with E-state index in [9.17, 15) is 13.2 Å². The first-order valence-corrected chi connectivity index (χ1v) is 11.8. The highest BCUT2D eigenvalue weighted by Gasteiger charge is 2.36. The van der Waals surface area contributed by atoms with Gasteiger partial charge in [-0.1, -0.05) is 41.4 Å². The van der Waals surface area contributed by atoms with E-state index in [-0.39, 0.29) is 23.5 Å². The van der Waals surface area contributed by atoms with Gasteiger partial charge in [0.2, 0.25) is 0 Å². The van der Waals surface area contributed by atoms with Crippen LogP contribution in [-0.4, -0.2) is 42.9 Å². The Kier molecular flexibility index (Phi) is 6.54. The number of hydrogen-bond donors (Lipinski definition) is 0. The Bertz CT molecular complexity index is 988. The Hall–Kier alpha value is -2.05. The predicted molar refractivity (Wildman–Crippen MR) is 115 cm³/mol. The molecule has 2 aromatic carbocycles. The van der Waals surface area contributed by atoms with Crippen molar-refractivity contribution >= 4 is 27.3 Å². The summed E-state index contributed by atoms with van der Waals surface area (Å²) in [5, 5.41) is 0.633. The standard InChI is InChI=1S/C22H26ClNO4S/c1-15-4-6-18(7-5-15)13-24(19-10-11-29(26,27)14-19)22(25)17(3)28-20-8-9-21(23)16(2)12-20/h4-9,12,17,19H,10-11,13-14H2,1-3H3. The molecular formula is C22H26ClNO4S. The fraction of sp³-hybridized carbons (Fsp3) is 0.409. The normalized spacial score (nSPS) is 19.0. The number of carbonyl (C=O) groups excluding carboxylic acids is 1. The van der Waals surface area contributed by atoms with Crippen molar-refractivity contribution in [1.82, 2.24) is 4.90 Å². The maximum atomic E-state index is 13.2. The van der Waals surface area contributed by atoms with Gasteiger partial charge in [-0.2, -0.15) is 0 Å². The second kappa shape index (κ2) is 8.76. The van der Waals surface area contributed by atoms with Crippen LogP contribution in [0, 0.1) is 13.8 Å². The highest BCUT2D eigenvalue weighted by Crippen LogP contribution is 2.25. The minimum absolute atomic E-state index is 0.00260. The molecule has 0 aromatic heterocycles. The third kappa shape index (κ3) is 5.52. The van der Waals surface area contributed by atoms with Gasteiger partial charge in [0.05, 0.1) is 11.5 Å². The predicted octanol–water partition coefficient (Wildman–Crippen LogP) is 3.94. The monoisotopic (exact) mass is 435 g/mol. The lowest BCUT2D eigenvalue weighted by Gasteiger charge is -2.31. The zero-order valence-corrected chi connectivity index (χ0v) is 18.5. The number of rotatable bonds is 6. The van der Waals surface area contributed by atoms with E-state index in [0.29, 0.717) is 23.7 Å². The molecule has 0 saturated carbocycles. The number of benzene rings is 2. The molecule has 2 atom stereocenters. The van der Waals surface area contributed by atoms with Gasteiger partial charge in [0.1, 0.15) is 5.75 Å². The lowest BCUT2D eigenvalue weighted by Crippen LogP contribution is -2.46. The van der Waals surface area contributed by atoms with Crippen LogP contribution in [0.25, 0.3) is 0 Å². The molecule has 0 bridgehead atoms. The van der Waals surface area contributed by atoms with Gasteiger partial charge in [-0.25, -0.2) is 8.42 Å². The van der Waals surface area contributed by atoms with Gasteiger partial charge in [0.15, 0.2) is 15.9 Å². The number of carbonyl (C=O) groups is 1. The summed E-state index contributed by atoms with van der Waals surface area (Å²) >= 11 is 6.06. The van der Waals surface area contributed by atoms with Crippen molar-refractivity contribution in [3.63, 3.8) is 0 Å². The molecule has 0 aliphatic carbocycles. The van der Waals surface area contributed by atoms with Crippen molar-refractivity contribution in [3.05, 3.63) is 64.2 Å². The molecule has 0 radical (unpaired) electrons. The molecule has 156 valence electrons. The summed E-state index contributed by atoms with van der Waals surface area (Å²) in [4.78, 5) is 14.9. The summed E-state index contributed by atoms with van der Waals surface area (Å²) in [7, 11) is -3.12. The first-order valence-electron chi connectivity index (χ1n) is 9.64. The van der Waals surface area contributed by atoms with Crippen molar-refractivity contribution in [2.45, 2.75) is 45.9 Å². The Morgan fingerprint density at radius 2 is 1.90 bits per heavy atom. The summed E-state index contributed by atoms with van der Waals surface area (Å²) in [6.45, 7) is 5.92. The van der Waals surface area contributed by atoms with Crippen molar-refractivity contribution in [2.24, 2.45) is 0 Å². The molecule has 2 unspecified atom stereocenters. The molecule has 1 aliphatic rings. The zero-order valence-electron chi connectivity index (χ0n) is 16.9. The SMILES string of the molecule is Cc1ccc(CN(C(=O)C(C)Oc2ccc(Cl)c(C)c2)C2CCS(=O)(=O)C2)cc1. The summed E-state index contributed by atoms with van der Waals surface area (Å²) in [6, 6.07) is 12.8. The van der Waals surface area contributed by atoms with Crippen LogP contribution in [0.15, 0.2) is 42.5 Å². The van der Waals surface area contributed by atoms with Crippen LogP contribution in [-0.2, 0) is 21.2 Å². The van der Waals surface area contributed by atoms with E-state index in [0.717, 1.165) is 16.7 Å². The van der Waals surface area contributed by atoms with Gasteiger partial charge in [-0.05, 0) is 56.5 Å². The van der Waals surface area contributed by atoms with Crippen LogP contribution >= 0.6 is 11.6 Å². The number of aryl methyl sites for hydroxylation is 2. The number of halogens is 1. The Balaban J connectivity index is 1.80. The summed E-state index contributed by atoms with van der Waals surface area (Å²) in [6.07, 6.45) is -0.295. The molecular weight excluding hydrogens is 410 g/mol. The van der Waals surface area contributed by atoms with Crippen LogP contribution in [0.1, 0.15) is 30.0 Å². The van der Waals surface area contributed by atoms with E-state index >= 15 is 0 Å². The van der Waals surface area contributed by atoms with Crippen LogP contribution in [0.2, 0.25) is 5.02 Å². The maximum absolute atomic E-state index is 13.2. The van der Waals surface area contributed by atoms with E-state index in [4.69, 9.17) is 16.3 Å². The van der Waals surface area contributed by atoms with Gasteiger partial charge in [0, 0.05) is 17.6 Å². The Labute approximate surface area is 177 Å². The molecule has 1 aliphatic heterocycles. The van der Waals surface area contributed by atoms with Crippen molar-refractivity contribution in [2.75, 3.05) is 11.5 Å². The molecule has 29 heavy (non-hydrogen) atoms. The Morgan fingerprint density at radius 1 is 1.21 bits per heavy atom. The summed E-state index contributed by atoms with van der Waals surface area (Å²) in [5.74, 6) is 0.445. The molecule has 2 aromatic rings. The van der Waals surface area contributed by atoms with Crippen LogP contribution in [0.4, 0.5) is 0 Å². The second-order valence-electron chi connectivity index (χ2n) is 7.68. The molecule has 0 N–H and O–H groups in total. The molecule has 5 nitrogen and oxygen atoms in total. The summed E-state index contributed by atoms with van der Waals surface area (Å²) < 4.78 is 29.9. The quantitative estimate of drug-likeness (QED) is 0.689. The molecule has 3 rings (SSSR count). The fourth-order valence-corrected chi connectivity index (χ4v) is 5.33. The van der Waals surface area contributed by atoms with Crippen LogP contribution < -0.4 is 4.74 Å². The van der Waals surface area contributed by atoms with Crippen molar-refractivity contribution in [1.29, 1.82) is 0 Å². The van der Waals surface area contributed by atoms with Gasteiger partial charge >= 0.3 is 0 Å². The third-order valence-electron chi connectivity index (χ3n) is 5.20. The molecule has 7 heteroatoms. The zero-order chi connectivity index (χ0) is 21.2. The third-order valence-corrected chi connectivity index (χ3v) is 7.37. The second-order valence-corrected chi connectivity index (χ2v) is 10.3. The maximum Gasteiger partial charge on any atom is 0.263 e. The highest BCUT2D eigenvalue weighted by atomic mass is 35.5. The van der Waals surface area contributed by atoms with Crippen LogP contribution in [0.5, 0.6) is 5.75 Å². The van der Waals surface area contributed by atoms with Gasteiger partial charge < -0.3 is 9.64 Å². The van der Waals surface area contributed by atoms with Gasteiger partial charge in [-0.3, -0.25) is 4.79 Å². The average molecular weight is 436 g/mol. The lowest BCUT2D eigenvalue weighted by molar-refractivity contribution is -0.140. The van der Waals surface area contributed by atoms with E-state index in [1.54, 1.807) is 30.0 Å². The number of sulfone groups is 1. The molecule has 1 fully saturated rings. The van der Waals surface area contributed by atoms with Gasteiger partial charge in [0.25, 0.3) is 5.91 Å². The largest absolute Gasteiger partial charge is 0.481 e. The van der Waals surface area contributed by atoms with Crippen molar-refractivity contribution in [3.8, 4) is 5.75 Å². The first-order chi connectivity index (χ1) is 13.6. The van der Waals surface area contributed by atoms with E-state index in [1.165, 1.54) is 0 Å². The number of ether oxygens (including phenoxy) is 1. The molecule has 0 spiro atoms. The molecule has 1 heterocycles. The fourth-order valence-electron chi connectivity index (χ4n) is 3.48. The van der Waals surface area contributed by atoms with E-state index in [1.807, 2.05) is 38.1 Å². The topological polar surface area (TPSA) is 63.7 Å². The highest BCUT2D eigenvalue weighted by molar-refractivity contribution is 7.91. The molecule has 1 amide bonds. The van der Waals surface area contributed by atoms with Crippen molar-refractivity contribution < 1.29 is 17.9 Å². The average Bonchev–Trinajstić information content (AvgIpc) is 3.03. The smallest absolute Gasteiger partial charge is 0.263 e. The van der Waals surface area contributed by atoms with E-state index < -0.39 is 15.9 Å². The number of hydrogen-bond acceptors (Lipinski definition) is 4.